The van der Waals surface area contributed by atoms with E-state index in [1.54, 1.807) is 44.9 Å². The SMILES string of the molecule is C/C=C(/C)C1C=CC=CCC1.CCC.CCC(C)C1CC[C@H]2C3CCC4CC(C)(C)CCC4[C@H]3CCC12C. The average Bonchev–Trinajstić information content (AvgIpc) is 3.05. The minimum absolute atomic E-state index is 0.631. The van der Waals surface area contributed by atoms with Crippen LogP contribution < -0.4 is 0 Å². The van der Waals surface area contributed by atoms with Gasteiger partial charge in [0.15, 0.2) is 0 Å². The van der Waals surface area contributed by atoms with Crippen molar-refractivity contribution in [2.24, 2.45) is 58.2 Å². The van der Waals surface area contributed by atoms with E-state index in [0.717, 1.165) is 41.4 Å². The third kappa shape index (κ3) is 7.29. The number of allylic oxidation sites excluding steroid dienone is 6. The quantitative estimate of drug-likeness (QED) is 0.323. The van der Waals surface area contributed by atoms with Crippen molar-refractivity contribution in [3.05, 3.63) is 36.0 Å². The van der Waals surface area contributed by atoms with Crippen molar-refractivity contribution in [1.29, 1.82) is 0 Å². The molecular formula is C38H66. The maximum Gasteiger partial charge on any atom is -0.00201 e. The van der Waals surface area contributed by atoms with Crippen molar-refractivity contribution in [3.63, 3.8) is 0 Å². The van der Waals surface area contributed by atoms with Crippen LogP contribution in [0.4, 0.5) is 0 Å². The molecule has 0 aromatic carbocycles. The lowest BCUT2D eigenvalue weighted by atomic mass is 9.48. The Morgan fingerprint density at radius 2 is 1.58 bits per heavy atom. The number of hydrogen-bond donors (Lipinski definition) is 0. The van der Waals surface area contributed by atoms with Gasteiger partial charge >= 0.3 is 0 Å². The van der Waals surface area contributed by atoms with Gasteiger partial charge in [0.2, 0.25) is 0 Å². The highest BCUT2D eigenvalue weighted by atomic mass is 14.6. The first-order chi connectivity index (χ1) is 18.1. The first-order valence-electron chi connectivity index (χ1n) is 17.1. The molecule has 218 valence electrons. The van der Waals surface area contributed by atoms with Crippen LogP contribution >= 0.6 is 0 Å². The fourth-order valence-electron chi connectivity index (χ4n) is 9.90. The van der Waals surface area contributed by atoms with Gasteiger partial charge in [-0.25, -0.2) is 0 Å². The predicted octanol–water partition coefficient (Wildman–Crippen LogP) is 12.2. The van der Waals surface area contributed by atoms with Gasteiger partial charge in [-0.05, 0) is 143 Å². The molecule has 0 aromatic rings. The molecule has 0 saturated heterocycles. The summed E-state index contributed by atoms with van der Waals surface area (Å²) in [4.78, 5) is 0. The molecule has 9 atom stereocenters. The second-order valence-corrected chi connectivity index (χ2v) is 15.2. The Balaban J connectivity index is 0.000000239. The molecule has 4 fully saturated rings. The molecule has 7 unspecified atom stereocenters. The first-order valence-corrected chi connectivity index (χ1v) is 17.1. The molecule has 0 N–H and O–H groups in total. The second-order valence-electron chi connectivity index (χ2n) is 15.2. The summed E-state index contributed by atoms with van der Waals surface area (Å²) in [5.41, 5.74) is 2.81. The van der Waals surface area contributed by atoms with Crippen molar-refractivity contribution in [1.82, 2.24) is 0 Å². The molecule has 0 amide bonds. The third-order valence-electron chi connectivity index (χ3n) is 12.2. The molecule has 5 rings (SSSR count). The van der Waals surface area contributed by atoms with E-state index in [-0.39, 0.29) is 0 Å². The third-order valence-corrected chi connectivity index (χ3v) is 12.2. The minimum Gasteiger partial charge on any atom is -0.0881 e. The Labute approximate surface area is 239 Å². The van der Waals surface area contributed by atoms with Gasteiger partial charge < -0.3 is 0 Å². The summed E-state index contributed by atoms with van der Waals surface area (Å²) in [6.45, 7) is 21.3. The monoisotopic (exact) mass is 523 g/mol. The Morgan fingerprint density at radius 3 is 2.26 bits per heavy atom. The summed E-state index contributed by atoms with van der Waals surface area (Å²) in [6.07, 6.45) is 30.1. The van der Waals surface area contributed by atoms with Crippen molar-refractivity contribution in [2.45, 2.75) is 146 Å². The molecule has 0 aromatic heterocycles. The van der Waals surface area contributed by atoms with E-state index >= 15 is 0 Å². The zero-order chi connectivity index (χ0) is 27.9. The van der Waals surface area contributed by atoms with Crippen LogP contribution in [0.25, 0.3) is 0 Å². The lowest BCUT2D eigenvalue weighted by Crippen LogP contribution is -2.49. The molecule has 0 aliphatic heterocycles. The number of rotatable bonds is 3. The molecule has 0 bridgehead atoms. The minimum atomic E-state index is 0.631. The summed E-state index contributed by atoms with van der Waals surface area (Å²) in [5.74, 6) is 8.10. The predicted molar refractivity (Wildman–Crippen MR) is 170 cm³/mol. The largest absolute Gasteiger partial charge is 0.0881 e. The fraction of sp³-hybridized carbons (Fsp3) is 0.842. The van der Waals surface area contributed by atoms with Crippen LogP contribution in [-0.2, 0) is 0 Å². The van der Waals surface area contributed by atoms with Gasteiger partial charge in [0, 0.05) is 0 Å². The van der Waals surface area contributed by atoms with Gasteiger partial charge in [-0.1, -0.05) is 97.3 Å². The molecule has 5 aliphatic rings. The van der Waals surface area contributed by atoms with E-state index in [9.17, 15) is 0 Å². The number of hydrogen-bond acceptors (Lipinski definition) is 0. The van der Waals surface area contributed by atoms with Crippen LogP contribution in [0, 0.1) is 58.2 Å². The summed E-state index contributed by atoms with van der Waals surface area (Å²) >= 11 is 0. The zero-order valence-electron chi connectivity index (χ0n) is 27.2. The molecule has 0 spiro atoms. The zero-order valence-corrected chi connectivity index (χ0v) is 27.2. The lowest BCUT2D eigenvalue weighted by Gasteiger charge is -2.57. The van der Waals surface area contributed by atoms with Crippen molar-refractivity contribution >= 4 is 0 Å². The molecule has 38 heavy (non-hydrogen) atoms. The molecular weight excluding hydrogens is 456 g/mol. The molecule has 0 radical (unpaired) electrons. The van der Waals surface area contributed by atoms with Crippen LogP contribution in [0.3, 0.4) is 0 Å². The average molecular weight is 523 g/mol. The summed E-state index contributed by atoms with van der Waals surface area (Å²) in [7, 11) is 0. The number of fused-ring (bicyclic) bond motifs is 5. The van der Waals surface area contributed by atoms with E-state index in [1.165, 1.54) is 44.1 Å². The van der Waals surface area contributed by atoms with E-state index in [4.69, 9.17) is 0 Å². The van der Waals surface area contributed by atoms with Gasteiger partial charge in [0.1, 0.15) is 0 Å². The van der Waals surface area contributed by atoms with Gasteiger partial charge in [-0.15, -0.1) is 0 Å². The van der Waals surface area contributed by atoms with Gasteiger partial charge in [-0.3, -0.25) is 0 Å². The molecule has 4 saturated carbocycles. The summed E-state index contributed by atoms with van der Waals surface area (Å²) < 4.78 is 0. The Kier molecular flexibility index (Phi) is 11.9. The Morgan fingerprint density at radius 1 is 0.868 bits per heavy atom. The summed E-state index contributed by atoms with van der Waals surface area (Å²) in [6, 6.07) is 0. The highest BCUT2D eigenvalue weighted by Gasteiger charge is 2.57. The van der Waals surface area contributed by atoms with Gasteiger partial charge in [0.05, 0.1) is 0 Å². The molecule has 0 heterocycles. The topological polar surface area (TPSA) is 0 Å². The standard InChI is InChI=1S/C24H42.C11H16.C3H8/c1-6-16(2)21-9-10-22-20-8-7-17-15-23(3,4)13-11-18(17)19(20)12-14-24(21,22)5;1-3-10(2)11-8-6-4-5-7-9-11;1-3-2/h16-22H,6-15H2,1-5H3;3-6,8,11H,7,9H2,1-2H3;3H2,1-2H3/b;10-3-;/t16?,17?,18?,19-,20?,21?,22+,24?;;/m1../s1. The Hall–Kier alpha value is -0.780. The lowest BCUT2D eigenvalue weighted by molar-refractivity contribution is -0.0809. The smallest absolute Gasteiger partial charge is 0.00201 e. The highest BCUT2D eigenvalue weighted by Crippen LogP contribution is 2.66. The van der Waals surface area contributed by atoms with Gasteiger partial charge in [0.25, 0.3) is 0 Å². The first kappa shape index (κ1) is 31.7. The van der Waals surface area contributed by atoms with Crippen molar-refractivity contribution in [3.8, 4) is 0 Å². The van der Waals surface area contributed by atoms with Crippen LogP contribution in [0.15, 0.2) is 36.0 Å². The van der Waals surface area contributed by atoms with E-state index < -0.39 is 0 Å². The van der Waals surface area contributed by atoms with Gasteiger partial charge in [-0.2, -0.15) is 0 Å². The van der Waals surface area contributed by atoms with E-state index in [0.29, 0.717) is 16.7 Å². The van der Waals surface area contributed by atoms with Crippen molar-refractivity contribution < 1.29 is 0 Å². The van der Waals surface area contributed by atoms with Crippen LogP contribution in [0.2, 0.25) is 0 Å². The Bertz CT molecular complexity index is 795. The molecule has 0 nitrogen and oxygen atoms in total. The normalized spacial score (nSPS) is 40.2. The maximum absolute atomic E-state index is 2.72. The fourth-order valence-corrected chi connectivity index (χ4v) is 9.90. The van der Waals surface area contributed by atoms with Crippen LogP contribution in [0.1, 0.15) is 146 Å². The summed E-state index contributed by atoms with van der Waals surface area (Å²) in [5, 5.41) is 0. The highest BCUT2D eigenvalue weighted by molar-refractivity contribution is 5.16. The van der Waals surface area contributed by atoms with Crippen molar-refractivity contribution in [2.75, 3.05) is 0 Å². The van der Waals surface area contributed by atoms with Crippen LogP contribution in [0.5, 0.6) is 0 Å². The molecule has 5 aliphatic carbocycles. The van der Waals surface area contributed by atoms with E-state index in [1.807, 2.05) is 0 Å². The van der Waals surface area contributed by atoms with E-state index in [2.05, 4.69) is 92.7 Å². The second kappa shape index (κ2) is 14.2. The van der Waals surface area contributed by atoms with Crippen LogP contribution in [-0.4, -0.2) is 0 Å². The maximum atomic E-state index is 2.72. The molecule has 0 heteroatoms.